The summed E-state index contributed by atoms with van der Waals surface area (Å²) in [4.78, 5) is 16.6. The number of rotatable bonds is 10. The zero-order valence-corrected chi connectivity index (χ0v) is 16.3. The van der Waals surface area contributed by atoms with E-state index >= 15 is 0 Å². The Morgan fingerprint density at radius 1 is 1.21 bits per heavy atom. The van der Waals surface area contributed by atoms with Crippen molar-refractivity contribution in [3.63, 3.8) is 0 Å². The Hall–Kier alpha value is -3.28. The van der Waals surface area contributed by atoms with Crippen molar-refractivity contribution in [1.82, 2.24) is 0 Å². The quantitative estimate of drug-likeness (QED) is 0.216. The lowest BCUT2D eigenvalue weighted by molar-refractivity contribution is -0.130. The van der Waals surface area contributed by atoms with Crippen LogP contribution < -0.4 is 4.74 Å². The number of aliphatic carboxylic acids is 1. The Morgan fingerprint density at radius 3 is 2.68 bits per heavy atom. The van der Waals surface area contributed by atoms with Crippen LogP contribution >= 0.6 is 0 Å². The number of oxime groups is 1. The molecule has 2 rings (SSSR count). The van der Waals surface area contributed by atoms with Crippen LogP contribution in [0.1, 0.15) is 35.6 Å². The van der Waals surface area contributed by atoms with Crippen molar-refractivity contribution in [2.45, 2.75) is 26.9 Å². The highest BCUT2D eigenvalue weighted by molar-refractivity contribution is 6.15. The van der Waals surface area contributed by atoms with Crippen molar-refractivity contribution >= 4 is 17.8 Å². The third-order valence-corrected chi connectivity index (χ3v) is 3.93. The van der Waals surface area contributed by atoms with E-state index < -0.39 is 5.97 Å². The van der Waals surface area contributed by atoms with Gasteiger partial charge in [0.2, 0.25) is 0 Å². The second kappa shape index (κ2) is 10.8. The van der Waals surface area contributed by atoms with Gasteiger partial charge in [-0.3, -0.25) is 0 Å². The predicted molar refractivity (Wildman–Crippen MR) is 108 cm³/mol. The molecule has 0 saturated carbocycles. The maximum absolute atomic E-state index is 11.5. The molecule has 0 aliphatic heterocycles. The molecule has 0 bridgehead atoms. The highest BCUT2D eigenvalue weighted by Crippen LogP contribution is 2.24. The average Bonchev–Trinajstić information content (AvgIpc) is 2.69. The Bertz CT molecular complexity index is 858. The molecule has 0 unspecified atom stereocenters. The predicted octanol–water partition coefficient (Wildman–Crippen LogP) is 4.41. The van der Waals surface area contributed by atoms with Gasteiger partial charge in [0, 0.05) is 0 Å². The number of carbonyl (C=O) groups is 1. The summed E-state index contributed by atoms with van der Waals surface area (Å²) < 4.78 is 10.8. The molecule has 28 heavy (non-hydrogen) atoms. The lowest BCUT2D eigenvalue weighted by atomic mass is 10.0. The van der Waals surface area contributed by atoms with E-state index in [1.54, 1.807) is 18.3 Å². The minimum Gasteiger partial charge on any atom is -0.503 e. The van der Waals surface area contributed by atoms with Crippen LogP contribution in [-0.2, 0) is 21.0 Å². The minimum atomic E-state index is -1.06. The summed E-state index contributed by atoms with van der Waals surface area (Å²) in [6, 6.07) is 12.9. The molecule has 2 aromatic rings. The maximum atomic E-state index is 11.5. The summed E-state index contributed by atoms with van der Waals surface area (Å²) in [5.74, 6) is -0.339. The lowest BCUT2D eigenvalue weighted by Crippen LogP contribution is -2.06. The van der Waals surface area contributed by atoms with E-state index in [9.17, 15) is 9.90 Å². The summed E-state index contributed by atoms with van der Waals surface area (Å²) in [5.41, 5.74) is 3.26. The summed E-state index contributed by atoms with van der Waals surface area (Å²) in [6.45, 7) is 4.79. The zero-order valence-electron chi connectivity index (χ0n) is 16.3. The first-order chi connectivity index (χ1) is 13.6. The van der Waals surface area contributed by atoms with Gasteiger partial charge < -0.3 is 19.4 Å². The lowest BCUT2D eigenvalue weighted by Gasteiger charge is -2.13. The van der Waals surface area contributed by atoms with Crippen molar-refractivity contribution in [3.05, 3.63) is 71.0 Å². The van der Waals surface area contributed by atoms with E-state index in [2.05, 4.69) is 5.16 Å². The van der Waals surface area contributed by atoms with Crippen LogP contribution in [0.5, 0.6) is 5.75 Å². The third kappa shape index (κ3) is 5.87. The molecule has 0 spiro atoms. The molecular formula is C22H25NO5. The molecule has 0 amide bonds. The molecule has 0 aliphatic rings. The number of aryl methyl sites for hydroxylation is 1. The topological polar surface area (TPSA) is 77.3 Å². The van der Waals surface area contributed by atoms with Crippen molar-refractivity contribution in [2.24, 2.45) is 5.16 Å². The molecule has 2 aromatic carbocycles. The highest BCUT2D eigenvalue weighted by atomic mass is 16.6. The smallest absolute Gasteiger partial charge is 0.339 e. The normalized spacial score (nSPS) is 11.5. The van der Waals surface area contributed by atoms with Crippen LogP contribution in [0.4, 0.5) is 0 Å². The van der Waals surface area contributed by atoms with E-state index in [-0.39, 0.29) is 12.2 Å². The van der Waals surface area contributed by atoms with Gasteiger partial charge in [-0.15, -0.1) is 0 Å². The second-order valence-corrected chi connectivity index (χ2v) is 6.11. The first kappa shape index (κ1) is 21.0. The number of methoxy groups -OCH3 is 1. The van der Waals surface area contributed by atoms with Gasteiger partial charge in [0.15, 0.2) is 0 Å². The number of ether oxygens (including phenoxy) is 2. The van der Waals surface area contributed by atoms with Gasteiger partial charge >= 0.3 is 5.97 Å². The second-order valence-electron chi connectivity index (χ2n) is 6.11. The molecule has 6 heteroatoms. The van der Waals surface area contributed by atoms with Crippen molar-refractivity contribution in [3.8, 4) is 5.75 Å². The third-order valence-electron chi connectivity index (χ3n) is 3.93. The number of hydrogen-bond donors (Lipinski definition) is 1. The fraction of sp³-hybridized carbons (Fsp3) is 0.273. The largest absolute Gasteiger partial charge is 0.503 e. The number of hydrogen-bond acceptors (Lipinski definition) is 5. The Kier molecular flexibility index (Phi) is 8.09. The van der Waals surface area contributed by atoms with Crippen molar-refractivity contribution in [2.75, 3.05) is 13.7 Å². The van der Waals surface area contributed by atoms with E-state index in [4.69, 9.17) is 14.3 Å². The first-order valence-electron chi connectivity index (χ1n) is 9.00. The van der Waals surface area contributed by atoms with Crippen LogP contribution in [0.2, 0.25) is 0 Å². The monoisotopic (exact) mass is 383 g/mol. The summed E-state index contributed by atoms with van der Waals surface area (Å²) >= 11 is 0. The van der Waals surface area contributed by atoms with Crippen LogP contribution in [0, 0.1) is 6.92 Å². The standard InChI is InChI=1S/C22H25NO5/c1-4-11-28-23-13-17-9-10-21(16(2)12-17)27-14-18-7-5-6-8-19(18)20(15-26-3)22(24)25/h5-10,12-13,15H,4,11,14H2,1-3H3,(H,24,25). The van der Waals surface area contributed by atoms with Gasteiger partial charge in [-0.25, -0.2) is 4.79 Å². The molecular weight excluding hydrogens is 358 g/mol. The zero-order chi connectivity index (χ0) is 20.4. The van der Waals surface area contributed by atoms with Crippen LogP contribution in [0.25, 0.3) is 5.57 Å². The molecule has 0 radical (unpaired) electrons. The number of nitrogens with zero attached hydrogens (tertiary/aromatic N) is 1. The van der Waals surface area contributed by atoms with Gasteiger partial charge in [0.05, 0.1) is 19.6 Å². The molecule has 1 N–H and O–H groups in total. The van der Waals surface area contributed by atoms with E-state index in [1.165, 1.54) is 13.4 Å². The van der Waals surface area contributed by atoms with Crippen molar-refractivity contribution in [1.29, 1.82) is 0 Å². The fourth-order valence-electron chi connectivity index (χ4n) is 2.57. The molecule has 0 aromatic heterocycles. The molecule has 148 valence electrons. The number of carboxylic acids is 1. The van der Waals surface area contributed by atoms with Gasteiger partial charge in [0.25, 0.3) is 0 Å². The average molecular weight is 383 g/mol. The van der Waals surface area contributed by atoms with E-state index in [1.807, 2.05) is 44.2 Å². The van der Waals surface area contributed by atoms with Crippen LogP contribution in [-0.4, -0.2) is 31.0 Å². The Balaban J connectivity index is 2.14. The summed E-state index contributed by atoms with van der Waals surface area (Å²) in [5, 5.41) is 13.4. The van der Waals surface area contributed by atoms with Gasteiger partial charge in [-0.05, 0) is 53.8 Å². The SMILES string of the molecule is CCCON=Cc1ccc(OCc2ccccc2C(=COC)C(=O)O)c(C)c1. The summed E-state index contributed by atoms with van der Waals surface area (Å²) in [7, 11) is 1.42. The molecule has 0 fully saturated rings. The van der Waals surface area contributed by atoms with Gasteiger partial charge in [0.1, 0.15) is 24.5 Å². The Labute approximate surface area is 165 Å². The summed E-state index contributed by atoms with van der Waals surface area (Å²) in [6.07, 6.45) is 3.80. The molecule has 0 atom stereocenters. The minimum absolute atomic E-state index is 0.0806. The van der Waals surface area contributed by atoms with Gasteiger partial charge in [-0.2, -0.15) is 0 Å². The molecule has 0 saturated heterocycles. The van der Waals surface area contributed by atoms with Gasteiger partial charge in [-0.1, -0.05) is 36.3 Å². The fourth-order valence-corrected chi connectivity index (χ4v) is 2.57. The first-order valence-corrected chi connectivity index (χ1v) is 9.00. The van der Waals surface area contributed by atoms with E-state index in [0.717, 1.165) is 23.1 Å². The number of carboxylic acid groups (broad SMARTS) is 1. The van der Waals surface area contributed by atoms with Crippen molar-refractivity contribution < 1.29 is 24.2 Å². The van der Waals surface area contributed by atoms with E-state index in [0.29, 0.717) is 17.9 Å². The molecule has 0 heterocycles. The molecule has 0 aliphatic carbocycles. The van der Waals surface area contributed by atoms with Crippen LogP contribution in [0.15, 0.2) is 53.9 Å². The van der Waals surface area contributed by atoms with Crippen LogP contribution in [0.3, 0.4) is 0 Å². The number of benzene rings is 2. The molecule has 6 nitrogen and oxygen atoms in total. The maximum Gasteiger partial charge on any atom is 0.339 e. The highest BCUT2D eigenvalue weighted by Gasteiger charge is 2.15. The Morgan fingerprint density at radius 2 is 2.00 bits per heavy atom.